The number of nitrogens with zero attached hydrogens (tertiary/aromatic N) is 2. The summed E-state index contributed by atoms with van der Waals surface area (Å²) in [7, 11) is 0. The lowest BCUT2D eigenvalue weighted by molar-refractivity contribution is -0.142. The van der Waals surface area contributed by atoms with Gasteiger partial charge in [0, 0.05) is 25.4 Å². The van der Waals surface area contributed by atoms with Crippen molar-refractivity contribution < 1.29 is 9.59 Å². The van der Waals surface area contributed by atoms with Gasteiger partial charge in [-0.2, -0.15) is 0 Å². The lowest BCUT2D eigenvalue weighted by Gasteiger charge is -2.35. The number of likely N-dealkylation sites (tertiary alicyclic amines) is 1. The van der Waals surface area contributed by atoms with Crippen molar-refractivity contribution in [2.24, 2.45) is 0 Å². The SMILES string of the molecule is CCCC(=O)N1CCCC[C@H]1C(=O)N[C@@H](C)c1ccncc1. The molecule has 1 fully saturated rings. The minimum Gasteiger partial charge on any atom is -0.348 e. The highest BCUT2D eigenvalue weighted by Crippen LogP contribution is 2.20. The average molecular weight is 303 g/mol. The van der Waals surface area contributed by atoms with E-state index in [2.05, 4.69) is 10.3 Å². The number of piperidine rings is 1. The molecule has 1 aliphatic heterocycles. The number of amides is 2. The van der Waals surface area contributed by atoms with Crippen molar-refractivity contribution in [3.05, 3.63) is 30.1 Å². The molecule has 0 aliphatic carbocycles. The maximum atomic E-state index is 12.6. The van der Waals surface area contributed by atoms with Crippen molar-refractivity contribution in [1.29, 1.82) is 0 Å². The molecule has 1 aliphatic rings. The Balaban J connectivity index is 2.01. The van der Waals surface area contributed by atoms with Crippen LogP contribution in [-0.2, 0) is 9.59 Å². The van der Waals surface area contributed by atoms with Gasteiger partial charge in [0.25, 0.3) is 0 Å². The normalized spacial score (nSPS) is 19.5. The number of pyridine rings is 1. The molecule has 2 rings (SSSR count). The Kier molecular flexibility index (Phi) is 5.92. The van der Waals surface area contributed by atoms with Gasteiger partial charge in [-0.1, -0.05) is 6.92 Å². The fraction of sp³-hybridized carbons (Fsp3) is 0.588. The molecule has 22 heavy (non-hydrogen) atoms. The zero-order chi connectivity index (χ0) is 15.9. The van der Waals surface area contributed by atoms with Crippen molar-refractivity contribution in [3.63, 3.8) is 0 Å². The third kappa shape index (κ3) is 4.06. The predicted molar refractivity (Wildman–Crippen MR) is 85.1 cm³/mol. The fourth-order valence-corrected chi connectivity index (χ4v) is 2.91. The van der Waals surface area contributed by atoms with Gasteiger partial charge in [-0.3, -0.25) is 14.6 Å². The lowest BCUT2D eigenvalue weighted by Crippen LogP contribution is -2.52. The lowest BCUT2D eigenvalue weighted by atomic mass is 10.00. The number of hydrogen-bond donors (Lipinski definition) is 1. The maximum Gasteiger partial charge on any atom is 0.243 e. The third-order valence-corrected chi connectivity index (χ3v) is 4.15. The molecule has 2 heterocycles. The summed E-state index contributed by atoms with van der Waals surface area (Å²) in [6.07, 6.45) is 7.51. The second-order valence-electron chi connectivity index (χ2n) is 5.86. The Labute approximate surface area is 132 Å². The first-order valence-electron chi connectivity index (χ1n) is 8.13. The molecule has 0 spiro atoms. The zero-order valence-electron chi connectivity index (χ0n) is 13.4. The highest BCUT2D eigenvalue weighted by molar-refractivity contribution is 5.88. The number of rotatable bonds is 5. The van der Waals surface area contributed by atoms with E-state index in [9.17, 15) is 9.59 Å². The number of carbonyl (C=O) groups is 2. The van der Waals surface area contributed by atoms with Gasteiger partial charge in [-0.15, -0.1) is 0 Å². The molecule has 1 N–H and O–H groups in total. The van der Waals surface area contributed by atoms with Gasteiger partial charge in [0.05, 0.1) is 6.04 Å². The molecule has 0 radical (unpaired) electrons. The van der Waals surface area contributed by atoms with Gasteiger partial charge >= 0.3 is 0 Å². The molecule has 0 saturated carbocycles. The van der Waals surface area contributed by atoms with Crippen LogP contribution in [0.4, 0.5) is 0 Å². The first-order valence-corrected chi connectivity index (χ1v) is 8.13. The van der Waals surface area contributed by atoms with E-state index in [4.69, 9.17) is 0 Å². The highest BCUT2D eigenvalue weighted by Gasteiger charge is 2.32. The van der Waals surface area contributed by atoms with Crippen LogP contribution in [0.5, 0.6) is 0 Å². The van der Waals surface area contributed by atoms with Gasteiger partial charge in [-0.05, 0) is 50.3 Å². The topological polar surface area (TPSA) is 62.3 Å². The molecule has 0 unspecified atom stereocenters. The second kappa shape index (κ2) is 7.92. The Morgan fingerprint density at radius 2 is 2.09 bits per heavy atom. The van der Waals surface area contributed by atoms with E-state index in [1.807, 2.05) is 26.0 Å². The summed E-state index contributed by atoms with van der Waals surface area (Å²) in [6, 6.07) is 3.38. The van der Waals surface area contributed by atoms with Crippen molar-refractivity contribution in [2.75, 3.05) is 6.54 Å². The van der Waals surface area contributed by atoms with Crippen LogP contribution in [0.3, 0.4) is 0 Å². The van der Waals surface area contributed by atoms with Crippen LogP contribution in [0.25, 0.3) is 0 Å². The van der Waals surface area contributed by atoms with Crippen molar-refractivity contribution in [1.82, 2.24) is 15.2 Å². The summed E-state index contributed by atoms with van der Waals surface area (Å²) in [6.45, 7) is 4.64. The third-order valence-electron chi connectivity index (χ3n) is 4.15. The van der Waals surface area contributed by atoms with E-state index in [0.29, 0.717) is 13.0 Å². The summed E-state index contributed by atoms with van der Waals surface area (Å²) < 4.78 is 0. The second-order valence-corrected chi connectivity index (χ2v) is 5.86. The molecule has 1 aromatic heterocycles. The van der Waals surface area contributed by atoms with E-state index in [0.717, 1.165) is 31.2 Å². The maximum absolute atomic E-state index is 12.6. The van der Waals surface area contributed by atoms with E-state index >= 15 is 0 Å². The molecule has 1 saturated heterocycles. The minimum atomic E-state index is -0.322. The summed E-state index contributed by atoms with van der Waals surface area (Å²) >= 11 is 0. The standard InChI is InChI=1S/C17H25N3O2/c1-3-6-16(21)20-12-5-4-7-15(20)17(22)19-13(2)14-8-10-18-11-9-14/h8-11,13,15H,3-7,12H2,1-2H3,(H,19,22)/t13-,15-/m0/s1. The van der Waals surface area contributed by atoms with Crippen LogP contribution >= 0.6 is 0 Å². The Morgan fingerprint density at radius 1 is 1.36 bits per heavy atom. The first kappa shape index (κ1) is 16.5. The van der Waals surface area contributed by atoms with Crippen LogP contribution in [0.15, 0.2) is 24.5 Å². The summed E-state index contributed by atoms with van der Waals surface area (Å²) in [4.78, 5) is 30.5. The molecule has 2 atom stereocenters. The molecule has 120 valence electrons. The van der Waals surface area contributed by atoms with Crippen LogP contribution in [0, 0.1) is 0 Å². The number of nitrogens with one attached hydrogen (secondary N) is 1. The Bertz CT molecular complexity index is 504. The van der Waals surface area contributed by atoms with Crippen molar-refractivity contribution in [2.45, 2.75) is 58.0 Å². The van der Waals surface area contributed by atoms with Gasteiger partial charge in [-0.25, -0.2) is 0 Å². The monoisotopic (exact) mass is 303 g/mol. The van der Waals surface area contributed by atoms with Crippen LogP contribution in [-0.4, -0.2) is 34.3 Å². The van der Waals surface area contributed by atoms with Crippen LogP contribution < -0.4 is 5.32 Å². The fourth-order valence-electron chi connectivity index (χ4n) is 2.91. The van der Waals surface area contributed by atoms with E-state index in [1.165, 1.54) is 0 Å². The molecule has 1 aromatic rings. The first-order chi connectivity index (χ1) is 10.6. The van der Waals surface area contributed by atoms with Crippen LogP contribution in [0.1, 0.15) is 57.6 Å². The van der Waals surface area contributed by atoms with Gasteiger partial charge in [0.15, 0.2) is 0 Å². The van der Waals surface area contributed by atoms with Crippen LogP contribution in [0.2, 0.25) is 0 Å². The van der Waals surface area contributed by atoms with Gasteiger partial charge < -0.3 is 10.2 Å². The molecule has 0 bridgehead atoms. The summed E-state index contributed by atoms with van der Waals surface area (Å²) in [5.74, 6) is 0.0485. The molecule has 0 aromatic carbocycles. The van der Waals surface area contributed by atoms with Crippen molar-refractivity contribution >= 4 is 11.8 Å². The average Bonchev–Trinajstić information content (AvgIpc) is 2.55. The van der Waals surface area contributed by atoms with Gasteiger partial charge in [0.2, 0.25) is 11.8 Å². The molecule has 2 amide bonds. The summed E-state index contributed by atoms with van der Waals surface area (Å²) in [5.41, 5.74) is 1.02. The highest BCUT2D eigenvalue weighted by atomic mass is 16.2. The smallest absolute Gasteiger partial charge is 0.243 e. The Morgan fingerprint density at radius 3 is 2.77 bits per heavy atom. The number of aromatic nitrogens is 1. The van der Waals surface area contributed by atoms with E-state index in [-0.39, 0.29) is 23.9 Å². The van der Waals surface area contributed by atoms with Gasteiger partial charge in [0.1, 0.15) is 6.04 Å². The quantitative estimate of drug-likeness (QED) is 0.908. The minimum absolute atomic E-state index is 0.0477. The number of hydrogen-bond acceptors (Lipinski definition) is 3. The predicted octanol–water partition coefficient (Wildman–Crippen LogP) is 2.44. The molecular formula is C17H25N3O2. The zero-order valence-corrected chi connectivity index (χ0v) is 13.4. The van der Waals surface area contributed by atoms with E-state index in [1.54, 1.807) is 17.3 Å². The molecular weight excluding hydrogens is 278 g/mol. The largest absolute Gasteiger partial charge is 0.348 e. The van der Waals surface area contributed by atoms with E-state index < -0.39 is 0 Å². The molecule has 5 nitrogen and oxygen atoms in total. The molecule has 5 heteroatoms. The van der Waals surface area contributed by atoms with Crippen molar-refractivity contribution in [3.8, 4) is 0 Å². The summed E-state index contributed by atoms with van der Waals surface area (Å²) in [5, 5.41) is 3.03. The Hall–Kier alpha value is -1.91. The number of carbonyl (C=O) groups excluding carboxylic acids is 2.